The highest BCUT2D eigenvalue weighted by atomic mass is 15.7. The monoisotopic (exact) mass is 70.1 g/mol. The van der Waals surface area contributed by atoms with Crippen LogP contribution < -0.4 is 10.9 Å². The Morgan fingerprint density at radius 2 is 1.80 bits per heavy atom. The van der Waals surface area contributed by atoms with Gasteiger partial charge in [-0.05, 0) is 12.8 Å². The summed E-state index contributed by atoms with van der Waals surface area (Å²) >= 11 is 0. The molecule has 2 aliphatic rings. The first kappa shape index (κ1) is 2.16. The van der Waals surface area contributed by atoms with Crippen molar-refractivity contribution in [1.29, 1.82) is 0 Å². The lowest BCUT2D eigenvalue weighted by Crippen LogP contribution is -1.82. The molecule has 0 amide bonds. The highest BCUT2D eigenvalue weighted by Gasteiger charge is 2.53. The molecule has 0 aromatic carbocycles. The second-order valence-electron chi connectivity index (χ2n) is 1.83. The van der Waals surface area contributed by atoms with E-state index in [-0.39, 0.29) is 0 Å². The van der Waals surface area contributed by atoms with Crippen LogP contribution in [0.4, 0.5) is 0 Å². The topological polar surface area (TPSA) is 43.9 Å². The smallest absolute Gasteiger partial charge is 0.0945 e. The van der Waals surface area contributed by atoms with E-state index < -0.39 is 0 Å². The summed E-state index contributed by atoms with van der Waals surface area (Å²) in [5.41, 5.74) is 6.57. The third kappa shape index (κ3) is 0.147. The Morgan fingerprint density at radius 3 is 1.80 bits per heavy atom. The zero-order valence-corrected chi connectivity index (χ0v) is 2.91. The normalized spacial score (nSPS) is 38.4. The van der Waals surface area contributed by atoms with Gasteiger partial charge in [-0.3, -0.25) is 0 Å². The van der Waals surface area contributed by atoms with Crippen LogP contribution in [0, 0.1) is 0 Å². The SMILES string of the molecule is C1CC12NN2. The molecule has 28 valence electrons. The summed E-state index contributed by atoms with van der Waals surface area (Å²) in [6, 6.07) is 0. The first-order valence-electron chi connectivity index (χ1n) is 1.96. The molecule has 0 aromatic heterocycles. The van der Waals surface area contributed by atoms with Crippen molar-refractivity contribution < 1.29 is 0 Å². The fourth-order valence-electron chi connectivity index (χ4n) is 0.463. The Bertz CT molecular complexity index is 47.8. The highest BCUT2D eigenvalue weighted by molar-refractivity contribution is 5.07. The molecule has 0 bridgehead atoms. The Labute approximate surface area is 30.5 Å². The van der Waals surface area contributed by atoms with E-state index in [1.165, 1.54) is 12.8 Å². The summed E-state index contributed by atoms with van der Waals surface area (Å²) in [4.78, 5) is 0. The van der Waals surface area contributed by atoms with Crippen LogP contribution in [0.3, 0.4) is 0 Å². The van der Waals surface area contributed by atoms with Crippen LogP contribution in [0.25, 0.3) is 0 Å². The molecule has 2 heteroatoms. The Hall–Kier alpha value is -0.0800. The average Bonchev–Trinajstić information content (AvgIpc) is 2.17. The molecule has 2 N–H and O–H groups in total. The van der Waals surface area contributed by atoms with Gasteiger partial charge >= 0.3 is 0 Å². The molecule has 0 aromatic rings. The summed E-state index contributed by atoms with van der Waals surface area (Å²) in [7, 11) is 0. The molecule has 0 unspecified atom stereocenters. The lowest BCUT2D eigenvalue weighted by molar-refractivity contribution is 1.01. The molecule has 0 radical (unpaired) electrons. The first-order valence-corrected chi connectivity index (χ1v) is 1.96. The van der Waals surface area contributed by atoms with Crippen LogP contribution in [-0.2, 0) is 0 Å². The minimum atomic E-state index is 0.500. The number of rotatable bonds is 0. The van der Waals surface area contributed by atoms with Gasteiger partial charge in [0.2, 0.25) is 0 Å². The van der Waals surface area contributed by atoms with Gasteiger partial charge in [-0.1, -0.05) is 0 Å². The Morgan fingerprint density at radius 1 is 1.20 bits per heavy atom. The molecule has 1 saturated heterocycles. The zero-order valence-electron chi connectivity index (χ0n) is 2.91. The molecule has 1 heterocycles. The van der Waals surface area contributed by atoms with E-state index in [0.29, 0.717) is 5.66 Å². The number of hydrogen-bond donors (Lipinski definition) is 2. The number of hydrazine groups is 1. The van der Waals surface area contributed by atoms with E-state index >= 15 is 0 Å². The van der Waals surface area contributed by atoms with Crippen molar-refractivity contribution in [1.82, 2.24) is 10.9 Å². The van der Waals surface area contributed by atoms with Gasteiger partial charge in [0.25, 0.3) is 0 Å². The summed E-state index contributed by atoms with van der Waals surface area (Å²) in [6.07, 6.45) is 2.68. The average molecular weight is 70.1 g/mol. The van der Waals surface area contributed by atoms with E-state index in [4.69, 9.17) is 0 Å². The lowest BCUT2D eigenvalue weighted by atomic mass is 10.7. The summed E-state index contributed by atoms with van der Waals surface area (Å²) < 4.78 is 0. The zero-order chi connectivity index (χ0) is 3.33. The molecule has 5 heavy (non-hydrogen) atoms. The van der Waals surface area contributed by atoms with Crippen molar-refractivity contribution in [2.45, 2.75) is 18.5 Å². The van der Waals surface area contributed by atoms with Gasteiger partial charge in [0, 0.05) is 0 Å². The largest absolute Gasteiger partial charge is 0.235 e. The minimum Gasteiger partial charge on any atom is -0.235 e. The van der Waals surface area contributed by atoms with Crippen LogP contribution in [0.1, 0.15) is 12.8 Å². The van der Waals surface area contributed by atoms with Crippen LogP contribution in [0.15, 0.2) is 0 Å². The quantitative estimate of drug-likeness (QED) is 0.380. The van der Waals surface area contributed by atoms with Gasteiger partial charge in [0.05, 0.1) is 5.66 Å². The maximum absolute atomic E-state index is 3.03. The Kier molecular flexibility index (Phi) is 0.147. The fraction of sp³-hybridized carbons (Fsp3) is 1.00. The van der Waals surface area contributed by atoms with Gasteiger partial charge in [-0.25, -0.2) is 10.9 Å². The van der Waals surface area contributed by atoms with Crippen molar-refractivity contribution in [3.63, 3.8) is 0 Å². The predicted octanol–water partition coefficient (Wildman–Crippen LogP) is -0.416. The second kappa shape index (κ2) is 0.340. The Balaban J connectivity index is 2.30. The van der Waals surface area contributed by atoms with Crippen molar-refractivity contribution in [3.8, 4) is 0 Å². The van der Waals surface area contributed by atoms with E-state index in [1.807, 2.05) is 0 Å². The summed E-state index contributed by atoms with van der Waals surface area (Å²) in [5.74, 6) is 0. The summed E-state index contributed by atoms with van der Waals surface area (Å²) in [5, 5.41) is 0. The molecular formula is C3H6N2. The molecular weight excluding hydrogens is 64.0 g/mol. The molecule has 2 rings (SSSR count). The molecule has 0 atom stereocenters. The fourth-order valence-corrected chi connectivity index (χ4v) is 0.463. The van der Waals surface area contributed by atoms with Crippen LogP contribution in [-0.4, -0.2) is 5.66 Å². The minimum absolute atomic E-state index is 0.500. The maximum Gasteiger partial charge on any atom is 0.0945 e. The first-order chi connectivity index (χ1) is 2.41. The van der Waals surface area contributed by atoms with Crippen molar-refractivity contribution >= 4 is 0 Å². The van der Waals surface area contributed by atoms with E-state index in [1.54, 1.807) is 0 Å². The molecule has 1 saturated carbocycles. The maximum atomic E-state index is 3.03. The van der Waals surface area contributed by atoms with Gasteiger partial charge < -0.3 is 0 Å². The van der Waals surface area contributed by atoms with Crippen LogP contribution >= 0.6 is 0 Å². The predicted molar refractivity (Wildman–Crippen MR) is 18.2 cm³/mol. The van der Waals surface area contributed by atoms with Gasteiger partial charge in [-0.15, -0.1) is 0 Å². The second-order valence-corrected chi connectivity index (χ2v) is 1.83. The molecule has 2 fully saturated rings. The molecule has 2 nitrogen and oxygen atoms in total. The molecule has 1 aliphatic heterocycles. The van der Waals surface area contributed by atoms with Gasteiger partial charge in [-0.2, -0.15) is 0 Å². The summed E-state index contributed by atoms with van der Waals surface area (Å²) in [6.45, 7) is 0. The van der Waals surface area contributed by atoms with Crippen LogP contribution in [0.2, 0.25) is 0 Å². The molecule has 1 aliphatic carbocycles. The highest BCUT2D eigenvalue weighted by Crippen LogP contribution is 2.38. The van der Waals surface area contributed by atoms with Crippen LogP contribution in [0.5, 0.6) is 0 Å². The van der Waals surface area contributed by atoms with Crippen molar-refractivity contribution in [2.75, 3.05) is 0 Å². The van der Waals surface area contributed by atoms with Crippen molar-refractivity contribution in [3.05, 3.63) is 0 Å². The van der Waals surface area contributed by atoms with Gasteiger partial charge in [0.1, 0.15) is 0 Å². The van der Waals surface area contributed by atoms with Gasteiger partial charge in [0.15, 0.2) is 0 Å². The van der Waals surface area contributed by atoms with Crippen molar-refractivity contribution in [2.24, 2.45) is 0 Å². The third-order valence-electron chi connectivity index (χ3n) is 1.23. The molecule has 1 spiro atoms. The van der Waals surface area contributed by atoms with E-state index in [9.17, 15) is 0 Å². The standard InChI is InChI=1S/C3H6N2/c1-2-3(1)4-5-3/h4-5H,1-2H2. The lowest BCUT2D eigenvalue weighted by Gasteiger charge is -1.55. The van der Waals surface area contributed by atoms with E-state index in [0.717, 1.165) is 0 Å². The number of nitrogens with one attached hydrogen (secondary N) is 2. The van der Waals surface area contributed by atoms with E-state index in [2.05, 4.69) is 10.9 Å². The number of hydrogen-bond acceptors (Lipinski definition) is 2. The third-order valence-corrected chi connectivity index (χ3v) is 1.23.